The first-order chi connectivity index (χ1) is 12.1. The first-order valence-electron chi connectivity index (χ1n) is 8.62. The van der Waals surface area contributed by atoms with Crippen molar-refractivity contribution in [3.63, 3.8) is 0 Å². The highest BCUT2D eigenvalue weighted by Gasteiger charge is 2.20. The van der Waals surface area contributed by atoms with E-state index in [4.69, 9.17) is 5.26 Å². The molecular formula is C21H25N3O. The topological polar surface area (TPSA) is 47.3 Å². The van der Waals surface area contributed by atoms with Gasteiger partial charge in [-0.3, -0.25) is 9.69 Å². The van der Waals surface area contributed by atoms with Gasteiger partial charge in [0, 0.05) is 24.8 Å². The van der Waals surface area contributed by atoms with E-state index in [2.05, 4.69) is 36.9 Å². The van der Waals surface area contributed by atoms with Gasteiger partial charge in [0.05, 0.1) is 19.0 Å². The molecule has 0 N–H and O–H groups in total. The summed E-state index contributed by atoms with van der Waals surface area (Å²) >= 11 is 0. The van der Waals surface area contributed by atoms with Crippen molar-refractivity contribution in [3.05, 3.63) is 66.2 Å². The molecule has 1 amide bonds. The van der Waals surface area contributed by atoms with Crippen molar-refractivity contribution in [2.24, 2.45) is 0 Å². The van der Waals surface area contributed by atoms with Gasteiger partial charge in [-0.15, -0.1) is 0 Å². The average Bonchev–Trinajstić information content (AvgIpc) is 2.63. The lowest BCUT2D eigenvalue weighted by molar-refractivity contribution is -0.120. The van der Waals surface area contributed by atoms with Crippen molar-refractivity contribution in [2.45, 2.75) is 32.9 Å². The van der Waals surface area contributed by atoms with E-state index in [9.17, 15) is 4.79 Å². The van der Waals surface area contributed by atoms with Gasteiger partial charge in [0.15, 0.2) is 0 Å². The molecule has 0 saturated heterocycles. The van der Waals surface area contributed by atoms with Crippen LogP contribution in [0.2, 0.25) is 0 Å². The predicted molar refractivity (Wildman–Crippen MR) is 101 cm³/mol. The molecule has 4 nitrogen and oxygen atoms in total. The zero-order chi connectivity index (χ0) is 18.1. The summed E-state index contributed by atoms with van der Waals surface area (Å²) in [6, 6.07) is 22.1. The van der Waals surface area contributed by atoms with Crippen LogP contribution in [0.1, 0.15) is 25.8 Å². The molecule has 0 bridgehead atoms. The van der Waals surface area contributed by atoms with Gasteiger partial charge in [0.25, 0.3) is 0 Å². The van der Waals surface area contributed by atoms with Crippen LogP contribution in [-0.4, -0.2) is 29.9 Å². The Labute approximate surface area is 150 Å². The lowest BCUT2D eigenvalue weighted by Crippen LogP contribution is -2.43. The second-order valence-electron chi connectivity index (χ2n) is 6.27. The number of nitrogens with zero attached hydrogens (tertiary/aromatic N) is 3. The maximum Gasteiger partial charge on any atom is 0.241 e. The number of para-hydroxylation sites is 1. The van der Waals surface area contributed by atoms with E-state index in [1.54, 1.807) is 4.90 Å². The fourth-order valence-corrected chi connectivity index (χ4v) is 2.67. The van der Waals surface area contributed by atoms with E-state index < -0.39 is 0 Å². The Kier molecular flexibility index (Phi) is 7.18. The molecule has 0 atom stereocenters. The summed E-state index contributed by atoms with van der Waals surface area (Å²) in [6.07, 6.45) is 0.320. The van der Waals surface area contributed by atoms with Gasteiger partial charge in [0.1, 0.15) is 0 Å². The maximum atomic E-state index is 12.9. The Bertz CT molecular complexity index is 692. The Balaban J connectivity index is 2.12. The van der Waals surface area contributed by atoms with Crippen molar-refractivity contribution < 1.29 is 4.79 Å². The van der Waals surface area contributed by atoms with Crippen LogP contribution in [-0.2, 0) is 11.3 Å². The van der Waals surface area contributed by atoms with E-state index in [1.165, 1.54) is 5.56 Å². The number of rotatable bonds is 8. The SMILES string of the molecule is CC(C)N(CC(=O)N(CCC#N)c1ccccc1)Cc1ccccc1. The third kappa shape index (κ3) is 5.74. The normalized spacial score (nSPS) is 10.7. The summed E-state index contributed by atoms with van der Waals surface area (Å²) in [5.41, 5.74) is 2.03. The van der Waals surface area contributed by atoms with Gasteiger partial charge in [-0.2, -0.15) is 5.26 Å². The summed E-state index contributed by atoms with van der Waals surface area (Å²) in [7, 11) is 0. The minimum absolute atomic E-state index is 0.0195. The molecule has 4 heteroatoms. The van der Waals surface area contributed by atoms with Crippen molar-refractivity contribution >= 4 is 11.6 Å². The first-order valence-corrected chi connectivity index (χ1v) is 8.62. The van der Waals surface area contributed by atoms with E-state index in [1.807, 2.05) is 48.5 Å². The number of amides is 1. The second-order valence-corrected chi connectivity index (χ2v) is 6.27. The number of nitriles is 1. The van der Waals surface area contributed by atoms with Gasteiger partial charge >= 0.3 is 0 Å². The van der Waals surface area contributed by atoms with E-state index in [0.29, 0.717) is 19.5 Å². The van der Waals surface area contributed by atoms with Crippen LogP contribution in [0.4, 0.5) is 5.69 Å². The van der Waals surface area contributed by atoms with Gasteiger partial charge < -0.3 is 4.90 Å². The molecule has 0 aliphatic rings. The predicted octanol–water partition coefficient (Wildman–Crippen LogP) is 3.84. The molecule has 0 radical (unpaired) electrons. The molecule has 0 heterocycles. The van der Waals surface area contributed by atoms with Crippen molar-refractivity contribution in [1.29, 1.82) is 5.26 Å². The van der Waals surface area contributed by atoms with Gasteiger partial charge in [-0.1, -0.05) is 48.5 Å². The van der Waals surface area contributed by atoms with Gasteiger partial charge in [-0.25, -0.2) is 0 Å². The number of anilines is 1. The lowest BCUT2D eigenvalue weighted by Gasteiger charge is -2.29. The summed E-state index contributed by atoms with van der Waals surface area (Å²) in [5, 5.41) is 8.91. The number of benzene rings is 2. The quantitative estimate of drug-likeness (QED) is 0.736. The smallest absolute Gasteiger partial charge is 0.241 e. The molecule has 0 aliphatic carbocycles. The maximum absolute atomic E-state index is 12.9. The summed E-state index contributed by atoms with van der Waals surface area (Å²) in [5.74, 6) is 0.0195. The number of hydrogen-bond donors (Lipinski definition) is 0. The van der Waals surface area contributed by atoms with Crippen LogP contribution in [0.3, 0.4) is 0 Å². The third-order valence-corrected chi connectivity index (χ3v) is 4.11. The Morgan fingerprint density at radius 1 is 1.04 bits per heavy atom. The zero-order valence-electron chi connectivity index (χ0n) is 14.9. The molecule has 0 aliphatic heterocycles. The zero-order valence-corrected chi connectivity index (χ0v) is 14.9. The number of hydrogen-bond acceptors (Lipinski definition) is 3. The third-order valence-electron chi connectivity index (χ3n) is 4.11. The molecule has 2 rings (SSSR count). The molecule has 130 valence electrons. The highest BCUT2D eigenvalue weighted by atomic mass is 16.2. The summed E-state index contributed by atoms with van der Waals surface area (Å²) in [6.45, 7) is 5.66. The highest BCUT2D eigenvalue weighted by Crippen LogP contribution is 2.16. The Hall–Kier alpha value is -2.64. The molecule has 0 fully saturated rings. The first kappa shape index (κ1) is 18.7. The van der Waals surface area contributed by atoms with Gasteiger partial charge in [0.2, 0.25) is 5.91 Å². The molecule has 0 unspecified atom stereocenters. The molecule has 2 aromatic rings. The van der Waals surface area contributed by atoms with Crippen LogP contribution in [0.5, 0.6) is 0 Å². The van der Waals surface area contributed by atoms with Crippen molar-refractivity contribution in [1.82, 2.24) is 4.90 Å². The molecule has 0 saturated carbocycles. The fourth-order valence-electron chi connectivity index (χ4n) is 2.67. The Morgan fingerprint density at radius 2 is 1.64 bits per heavy atom. The molecule has 0 spiro atoms. The molecule has 25 heavy (non-hydrogen) atoms. The minimum atomic E-state index is 0.0195. The number of carbonyl (C=O) groups is 1. The highest BCUT2D eigenvalue weighted by molar-refractivity contribution is 5.94. The molecule has 2 aromatic carbocycles. The van der Waals surface area contributed by atoms with Crippen molar-refractivity contribution in [3.8, 4) is 6.07 Å². The standard InChI is InChI=1S/C21H25N3O/c1-18(2)23(16-19-10-5-3-6-11-19)17-21(25)24(15-9-14-22)20-12-7-4-8-13-20/h3-8,10-13,18H,9,15-17H2,1-2H3. The second kappa shape index (κ2) is 9.61. The Morgan fingerprint density at radius 3 is 2.20 bits per heavy atom. The van der Waals surface area contributed by atoms with Crippen LogP contribution >= 0.6 is 0 Å². The largest absolute Gasteiger partial charge is 0.310 e. The van der Waals surface area contributed by atoms with Crippen LogP contribution in [0.25, 0.3) is 0 Å². The van der Waals surface area contributed by atoms with Crippen LogP contribution in [0.15, 0.2) is 60.7 Å². The minimum Gasteiger partial charge on any atom is -0.310 e. The van der Waals surface area contributed by atoms with E-state index >= 15 is 0 Å². The fraction of sp³-hybridized carbons (Fsp3) is 0.333. The van der Waals surface area contributed by atoms with Gasteiger partial charge in [-0.05, 0) is 31.5 Å². The summed E-state index contributed by atoms with van der Waals surface area (Å²) < 4.78 is 0. The van der Waals surface area contributed by atoms with Crippen molar-refractivity contribution in [2.75, 3.05) is 18.0 Å². The van der Waals surface area contributed by atoms with E-state index in [-0.39, 0.29) is 11.9 Å². The monoisotopic (exact) mass is 335 g/mol. The lowest BCUT2D eigenvalue weighted by atomic mass is 10.2. The average molecular weight is 335 g/mol. The van der Waals surface area contributed by atoms with E-state index in [0.717, 1.165) is 12.2 Å². The number of carbonyl (C=O) groups excluding carboxylic acids is 1. The van der Waals surface area contributed by atoms with Crippen LogP contribution < -0.4 is 4.90 Å². The molecule has 0 aromatic heterocycles. The summed E-state index contributed by atoms with van der Waals surface area (Å²) in [4.78, 5) is 16.8. The molecular weight excluding hydrogens is 310 g/mol. The van der Waals surface area contributed by atoms with Crippen LogP contribution in [0, 0.1) is 11.3 Å².